The van der Waals surface area contributed by atoms with Gasteiger partial charge < -0.3 is 4.74 Å². The minimum Gasteiger partial charge on any atom is -0.380 e. The summed E-state index contributed by atoms with van der Waals surface area (Å²) in [5, 5.41) is 1.05. The third-order valence-electron chi connectivity index (χ3n) is 3.19. The summed E-state index contributed by atoms with van der Waals surface area (Å²) in [5.74, 6) is 0.743. The summed E-state index contributed by atoms with van der Waals surface area (Å²) in [5.41, 5.74) is 0. The number of alkyl halides is 1. The Bertz CT molecular complexity index is 160. The maximum atomic E-state index is 5.70. The smallest absolute Gasteiger partial charge is 0.0593 e. The van der Waals surface area contributed by atoms with Crippen LogP contribution in [0.3, 0.4) is 0 Å². The second-order valence-electron chi connectivity index (χ2n) is 4.99. The van der Waals surface area contributed by atoms with E-state index in [0.29, 0.717) is 6.04 Å². The zero-order chi connectivity index (χ0) is 13.1. The fourth-order valence-electron chi connectivity index (χ4n) is 1.99. The van der Waals surface area contributed by atoms with Gasteiger partial charge in [-0.2, -0.15) is 0 Å². The lowest BCUT2D eigenvalue weighted by Crippen LogP contribution is -2.38. The normalized spacial score (nSPS) is 12.0. The lowest BCUT2D eigenvalue weighted by atomic mass is 10.1. The van der Waals surface area contributed by atoms with E-state index in [2.05, 4.69) is 48.5 Å². The van der Waals surface area contributed by atoms with Gasteiger partial charge in [-0.1, -0.05) is 43.6 Å². The number of nitrogens with zero attached hydrogens (tertiary/aromatic N) is 1. The molecule has 0 aromatic carbocycles. The molecule has 17 heavy (non-hydrogen) atoms. The molecule has 0 aliphatic carbocycles. The fourth-order valence-corrected chi connectivity index (χ4v) is 2.45. The van der Waals surface area contributed by atoms with Crippen LogP contribution >= 0.6 is 15.9 Å². The van der Waals surface area contributed by atoms with E-state index in [1.54, 1.807) is 0 Å². The summed E-state index contributed by atoms with van der Waals surface area (Å²) in [7, 11) is 0. The Kier molecular flexibility index (Phi) is 11.8. The average molecular weight is 308 g/mol. The van der Waals surface area contributed by atoms with Gasteiger partial charge in [0.25, 0.3) is 0 Å². The van der Waals surface area contributed by atoms with Crippen molar-refractivity contribution in [2.45, 2.75) is 53.0 Å². The number of hydrogen-bond acceptors (Lipinski definition) is 2. The Morgan fingerprint density at radius 2 is 1.71 bits per heavy atom. The van der Waals surface area contributed by atoms with Crippen LogP contribution < -0.4 is 0 Å². The molecule has 0 atom stereocenters. The standard InChI is InChI=1S/C14H30BrNO/c1-5-14(6-2)16(9-8-15)10-12-17-11-7-13(3)4/h13-14H,5-12H2,1-4H3. The Hall–Kier alpha value is 0.400. The molecule has 0 aliphatic rings. The predicted molar refractivity (Wildman–Crippen MR) is 80.0 cm³/mol. The summed E-state index contributed by atoms with van der Waals surface area (Å²) in [6.45, 7) is 13.0. The van der Waals surface area contributed by atoms with E-state index < -0.39 is 0 Å². The van der Waals surface area contributed by atoms with Crippen LogP contribution in [0.15, 0.2) is 0 Å². The maximum Gasteiger partial charge on any atom is 0.0593 e. The number of rotatable bonds is 11. The molecule has 0 saturated heterocycles. The topological polar surface area (TPSA) is 12.5 Å². The van der Waals surface area contributed by atoms with Gasteiger partial charge in [-0.3, -0.25) is 4.90 Å². The largest absolute Gasteiger partial charge is 0.380 e. The molecular formula is C14H30BrNO. The second-order valence-corrected chi connectivity index (χ2v) is 5.78. The molecule has 0 fully saturated rings. The van der Waals surface area contributed by atoms with E-state index in [9.17, 15) is 0 Å². The molecule has 0 aliphatic heterocycles. The minimum absolute atomic E-state index is 0.709. The van der Waals surface area contributed by atoms with E-state index in [1.807, 2.05) is 0 Å². The highest BCUT2D eigenvalue weighted by Gasteiger charge is 2.13. The van der Waals surface area contributed by atoms with E-state index in [4.69, 9.17) is 4.74 Å². The van der Waals surface area contributed by atoms with Crippen molar-refractivity contribution >= 4 is 15.9 Å². The van der Waals surface area contributed by atoms with Crippen molar-refractivity contribution in [3.63, 3.8) is 0 Å². The zero-order valence-electron chi connectivity index (χ0n) is 12.0. The van der Waals surface area contributed by atoms with E-state index in [-0.39, 0.29) is 0 Å². The molecule has 2 nitrogen and oxygen atoms in total. The molecule has 0 unspecified atom stereocenters. The van der Waals surface area contributed by atoms with Crippen LogP contribution in [0.2, 0.25) is 0 Å². The molecule has 0 amide bonds. The summed E-state index contributed by atoms with van der Waals surface area (Å²) in [6, 6.07) is 0.709. The SMILES string of the molecule is CCC(CC)N(CCBr)CCOCCC(C)C. The molecule has 0 heterocycles. The molecule has 0 aromatic heterocycles. The Labute approximate surface area is 116 Å². The quantitative estimate of drug-likeness (QED) is 0.423. The minimum atomic E-state index is 0.709. The van der Waals surface area contributed by atoms with Crippen molar-refractivity contribution in [1.82, 2.24) is 4.90 Å². The van der Waals surface area contributed by atoms with Crippen LogP contribution in [0.1, 0.15) is 47.0 Å². The molecule has 0 rings (SSSR count). The zero-order valence-corrected chi connectivity index (χ0v) is 13.6. The van der Waals surface area contributed by atoms with Crippen LogP contribution in [-0.2, 0) is 4.74 Å². The summed E-state index contributed by atoms with van der Waals surface area (Å²) >= 11 is 3.54. The Morgan fingerprint density at radius 3 is 2.18 bits per heavy atom. The van der Waals surface area contributed by atoms with Crippen LogP contribution in [0, 0.1) is 5.92 Å². The third-order valence-corrected chi connectivity index (χ3v) is 3.55. The molecule has 0 bridgehead atoms. The van der Waals surface area contributed by atoms with Gasteiger partial charge in [-0.15, -0.1) is 0 Å². The summed E-state index contributed by atoms with van der Waals surface area (Å²) < 4.78 is 5.70. The molecule has 104 valence electrons. The van der Waals surface area contributed by atoms with E-state index in [0.717, 1.165) is 37.6 Å². The summed E-state index contributed by atoms with van der Waals surface area (Å²) in [6.07, 6.45) is 3.63. The molecular weight excluding hydrogens is 278 g/mol. The van der Waals surface area contributed by atoms with Crippen LogP contribution in [0.4, 0.5) is 0 Å². The van der Waals surface area contributed by atoms with Gasteiger partial charge >= 0.3 is 0 Å². The van der Waals surface area contributed by atoms with Crippen molar-refractivity contribution in [1.29, 1.82) is 0 Å². The van der Waals surface area contributed by atoms with E-state index in [1.165, 1.54) is 19.3 Å². The first-order valence-corrected chi connectivity index (χ1v) is 8.15. The van der Waals surface area contributed by atoms with Crippen molar-refractivity contribution in [2.75, 3.05) is 31.6 Å². The molecule has 3 heteroatoms. The molecule has 0 N–H and O–H groups in total. The highest BCUT2D eigenvalue weighted by atomic mass is 79.9. The summed E-state index contributed by atoms with van der Waals surface area (Å²) in [4.78, 5) is 2.55. The van der Waals surface area contributed by atoms with Gasteiger partial charge in [-0.05, 0) is 25.2 Å². The van der Waals surface area contributed by atoms with Crippen LogP contribution in [-0.4, -0.2) is 42.6 Å². The fraction of sp³-hybridized carbons (Fsp3) is 1.00. The number of halogens is 1. The first-order valence-electron chi connectivity index (χ1n) is 7.03. The average Bonchev–Trinajstić information content (AvgIpc) is 2.29. The van der Waals surface area contributed by atoms with Crippen molar-refractivity contribution in [2.24, 2.45) is 5.92 Å². The third kappa shape index (κ3) is 9.04. The highest BCUT2D eigenvalue weighted by Crippen LogP contribution is 2.09. The highest BCUT2D eigenvalue weighted by molar-refractivity contribution is 9.09. The van der Waals surface area contributed by atoms with Crippen molar-refractivity contribution in [3.8, 4) is 0 Å². The lowest BCUT2D eigenvalue weighted by Gasteiger charge is -2.29. The second kappa shape index (κ2) is 11.5. The van der Waals surface area contributed by atoms with Gasteiger partial charge in [0.1, 0.15) is 0 Å². The predicted octanol–water partition coefficient (Wildman–Crippen LogP) is 3.93. The number of hydrogen-bond donors (Lipinski definition) is 0. The van der Waals surface area contributed by atoms with Crippen LogP contribution in [0.5, 0.6) is 0 Å². The van der Waals surface area contributed by atoms with Gasteiger partial charge in [0.05, 0.1) is 6.61 Å². The first kappa shape index (κ1) is 17.4. The van der Waals surface area contributed by atoms with Gasteiger partial charge in [0, 0.05) is 31.1 Å². The molecule has 0 saturated carbocycles. The Balaban J connectivity index is 3.76. The molecule has 0 spiro atoms. The first-order chi connectivity index (χ1) is 8.15. The molecule has 0 radical (unpaired) electrons. The van der Waals surface area contributed by atoms with Gasteiger partial charge in [0.15, 0.2) is 0 Å². The lowest BCUT2D eigenvalue weighted by molar-refractivity contribution is 0.0816. The maximum absolute atomic E-state index is 5.70. The van der Waals surface area contributed by atoms with Crippen LogP contribution in [0.25, 0.3) is 0 Å². The monoisotopic (exact) mass is 307 g/mol. The molecule has 0 aromatic rings. The Morgan fingerprint density at radius 1 is 1.06 bits per heavy atom. The number of ether oxygens (including phenoxy) is 1. The van der Waals surface area contributed by atoms with Crippen molar-refractivity contribution in [3.05, 3.63) is 0 Å². The van der Waals surface area contributed by atoms with E-state index >= 15 is 0 Å². The van der Waals surface area contributed by atoms with Gasteiger partial charge in [0.2, 0.25) is 0 Å². The van der Waals surface area contributed by atoms with Gasteiger partial charge in [-0.25, -0.2) is 0 Å². The van der Waals surface area contributed by atoms with Crippen molar-refractivity contribution < 1.29 is 4.74 Å².